The maximum atomic E-state index is 5.78. The van der Waals surface area contributed by atoms with Gasteiger partial charge in [0.15, 0.2) is 0 Å². The molecule has 4 nitrogen and oxygen atoms in total. The molecule has 1 aromatic heterocycles. The predicted molar refractivity (Wildman–Crippen MR) is 74.1 cm³/mol. The third-order valence-electron chi connectivity index (χ3n) is 3.66. The molecule has 1 aliphatic rings. The number of fused-ring (bicyclic) bond motifs is 1. The van der Waals surface area contributed by atoms with Crippen LogP contribution in [0, 0.1) is 6.92 Å². The Bertz CT molecular complexity index is 550. The van der Waals surface area contributed by atoms with E-state index in [1.165, 1.54) is 11.1 Å². The van der Waals surface area contributed by atoms with Crippen molar-refractivity contribution in [3.63, 3.8) is 0 Å². The second kappa shape index (κ2) is 5.45. The highest BCUT2D eigenvalue weighted by Crippen LogP contribution is 2.31. The number of para-hydroxylation sites is 1. The molecule has 0 fully saturated rings. The van der Waals surface area contributed by atoms with Gasteiger partial charge in [-0.1, -0.05) is 18.2 Å². The number of nitrogens with one attached hydrogen (secondary N) is 2. The zero-order valence-electron chi connectivity index (χ0n) is 11.1. The van der Waals surface area contributed by atoms with Gasteiger partial charge in [0.1, 0.15) is 5.75 Å². The van der Waals surface area contributed by atoms with Crippen molar-refractivity contribution < 1.29 is 4.74 Å². The molecule has 0 saturated carbocycles. The number of aryl methyl sites for hydroxylation is 1. The molecule has 19 heavy (non-hydrogen) atoms. The van der Waals surface area contributed by atoms with Crippen LogP contribution in [0.15, 0.2) is 30.5 Å². The molecule has 4 heteroatoms. The Labute approximate surface area is 113 Å². The van der Waals surface area contributed by atoms with Crippen LogP contribution in [0.4, 0.5) is 0 Å². The van der Waals surface area contributed by atoms with Crippen molar-refractivity contribution in [3.05, 3.63) is 47.3 Å². The highest BCUT2D eigenvalue weighted by molar-refractivity contribution is 5.36. The fourth-order valence-corrected chi connectivity index (χ4v) is 2.52. The summed E-state index contributed by atoms with van der Waals surface area (Å²) in [4.78, 5) is 0. The number of aromatic nitrogens is 2. The van der Waals surface area contributed by atoms with E-state index in [1.807, 2.05) is 19.2 Å². The van der Waals surface area contributed by atoms with Crippen LogP contribution in [0.1, 0.15) is 35.7 Å². The number of benzene rings is 1. The Morgan fingerprint density at radius 1 is 1.42 bits per heavy atom. The lowest BCUT2D eigenvalue weighted by atomic mass is 10.0. The maximum Gasteiger partial charge on any atom is 0.124 e. The lowest BCUT2D eigenvalue weighted by molar-refractivity contribution is 0.315. The van der Waals surface area contributed by atoms with Gasteiger partial charge in [0.05, 0.1) is 12.8 Å². The van der Waals surface area contributed by atoms with Crippen LogP contribution in [0.3, 0.4) is 0 Å². The Morgan fingerprint density at radius 3 is 3.16 bits per heavy atom. The van der Waals surface area contributed by atoms with Gasteiger partial charge in [-0.25, -0.2) is 0 Å². The molecule has 0 amide bonds. The first kappa shape index (κ1) is 12.2. The average molecular weight is 257 g/mol. The molecule has 0 radical (unpaired) electrons. The van der Waals surface area contributed by atoms with Crippen molar-refractivity contribution in [2.75, 3.05) is 6.61 Å². The van der Waals surface area contributed by atoms with Gasteiger partial charge in [-0.15, -0.1) is 0 Å². The van der Waals surface area contributed by atoms with E-state index in [0.717, 1.165) is 37.4 Å². The van der Waals surface area contributed by atoms with E-state index in [1.54, 1.807) is 0 Å². The summed E-state index contributed by atoms with van der Waals surface area (Å²) in [6.07, 6.45) is 4.08. The summed E-state index contributed by atoms with van der Waals surface area (Å²) in [5.41, 5.74) is 3.62. The van der Waals surface area contributed by atoms with Crippen molar-refractivity contribution >= 4 is 0 Å². The summed E-state index contributed by atoms with van der Waals surface area (Å²) < 4.78 is 5.78. The minimum atomic E-state index is 0.355. The third kappa shape index (κ3) is 2.63. The van der Waals surface area contributed by atoms with Crippen LogP contribution >= 0.6 is 0 Å². The van der Waals surface area contributed by atoms with Gasteiger partial charge in [0.25, 0.3) is 0 Å². The second-order valence-electron chi connectivity index (χ2n) is 4.98. The monoisotopic (exact) mass is 257 g/mol. The molecule has 2 aromatic rings. The number of hydrogen-bond donors (Lipinski definition) is 2. The molecule has 1 aliphatic heterocycles. The Kier molecular flexibility index (Phi) is 3.51. The Morgan fingerprint density at radius 2 is 2.32 bits per heavy atom. The van der Waals surface area contributed by atoms with Crippen molar-refractivity contribution in [1.82, 2.24) is 15.5 Å². The number of hydrogen-bond acceptors (Lipinski definition) is 3. The number of ether oxygens (including phenoxy) is 1. The van der Waals surface area contributed by atoms with Gasteiger partial charge in [0.2, 0.25) is 0 Å². The fourth-order valence-electron chi connectivity index (χ4n) is 2.52. The zero-order chi connectivity index (χ0) is 13.1. The van der Waals surface area contributed by atoms with Gasteiger partial charge < -0.3 is 10.1 Å². The van der Waals surface area contributed by atoms with E-state index < -0.39 is 0 Å². The van der Waals surface area contributed by atoms with Crippen molar-refractivity contribution in [2.45, 2.75) is 32.4 Å². The molecule has 1 atom stereocenters. The lowest BCUT2D eigenvalue weighted by Gasteiger charge is -2.18. The van der Waals surface area contributed by atoms with Gasteiger partial charge in [-0.05, 0) is 25.8 Å². The molecule has 3 rings (SSSR count). The first-order chi connectivity index (χ1) is 9.34. The highest BCUT2D eigenvalue weighted by atomic mass is 16.5. The van der Waals surface area contributed by atoms with E-state index in [9.17, 15) is 0 Å². The average Bonchev–Trinajstić information content (AvgIpc) is 2.73. The van der Waals surface area contributed by atoms with Crippen LogP contribution in [-0.2, 0) is 6.54 Å². The number of aromatic amines is 1. The minimum Gasteiger partial charge on any atom is -0.493 e. The summed E-state index contributed by atoms with van der Waals surface area (Å²) in [6, 6.07) is 8.67. The summed E-state index contributed by atoms with van der Waals surface area (Å²) in [6.45, 7) is 3.69. The number of H-pyrrole nitrogens is 1. The first-order valence-electron chi connectivity index (χ1n) is 6.78. The van der Waals surface area contributed by atoms with Gasteiger partial charge in [-0.3, -0.25) is 5.10 Å². The fraction of sp³-hybridized carbons (Fsp3) is 0.400. The normalized spacial score (nSPS) is 18.5. The molecule has 0 bridgehead atoms. The third-order valence-corrected chi connectivity index (χ3v) is 3.66. The molecule has 0 spiro atoms. The van der Waals surface area contributed by atoms with Crippen LogP contribution < -0.4 is 10.1 Å². The van der Waals surface area contributed by atoms with Gasteiger partial charge >= 0.3 is 0 Å². The van der Waals surface area contributed by atoms with Gasteiger partial charge in [-0.2, -0.15) is 5.10 Å². The highest BCUT2D eigenvalue weighted by Gasteiger charge is 2.19. The van der Waals surface area contributed by atoms with Crippen molar-refractivity contribution in [3.8, 4) is 5.75 Å². The molecule has 0 aliphatic carbocycles. The van der Waals surface area contributed by atoms with E-state index >= 15 is 0 Å². The molecular formula is C15H19N3O. The smallest absolute Gasteiger partial charge is 0.124 e. The van der Waals surface area contributed by atoms with Crippen molar-refractivity contribution in [1.29, 1.82) is 0 Å². The van der Waals surface area contributed by atoms with Gasteiger partial charge in [0, 0.05) is 29.4 Å². The summed E-state index contributed by atoms with van der Waals surface area (Å²) >= 11 is 0. The van der Waals surface area contributed by atoms with Crippen LogP contribution in [0.2, 0.25) is 0 Å². The number of rotatable bonds is 3. The molecule has 2 N–H and O–H groups in total. The van der Waals surface area contributed by atoms with E-state index in [-0.39, 0.29) is 0 Å². The lowest BCUT2D eigenvalue weighted by Crippen LogP contribution is -2.20. The molecule has 100 valence electrons. The largest absolute Gasteiger partial charge is 0.493 e. The standard InChI is InChI=1S/C15H19N3O/c1-11-12(10-17-18-11)9-16-14-6-4-8-19-15-7-3-2-5-13(14)15/h2-3,5,7,10,14,16H,4,6,8-9H2,1H3,(H,17,18). The Balaban J connectivity index is 1.75. The van der Waals surface area contributed by atoms with Crippen LogP contribution in [0.5, 0.6) is 5.75 Å². The van der Waals surface area contributed by atoms with E-state index in [2.05, 4.69) is 33.7 Å². The molecule has 1 aromatic carbocycles. The summed E-state index contributed by atoms with van der Waals surface area (Å²) in [5.74, 6) is 1.02. The Hall–Kier alpha value is -1.81. The quantitative estimate of drug-likeness (QED) is 0.889. The first-order valence-corrected chi connectivity index (χ1v) is 6.78. The molecule has 1 unspecified atom stereocenters. The van der Waals surface area contributed by atoms with E-state index in [0.29, 0.717) is 6.04 Å². The molecular weight excluding hydrogens is 238 g/mol. The zero-order valence-corrected chi connectivity index (χ0v) is 11.1. The molecule has 0 saturated heterocycles. The minimum absolute atomic E-state index is 0.355. The van der Waals surface area contributed by atoms with Crippen LogP contribution in [-0.4, -0.2) is 16.8 Å². The SMILES string of the molecule is Cc1[nH]ncc1CNC1CCCOc2ccccc21. The number of nitrogens with zero attached hydrogens (tertiary/aromatic N) is 1. The second-order valence-corrected chi connectivity index (χ2v) is 4.98. The molecule has 2 heterocycles. The summed E-state index contributed by atoms with van der Waals surface area (Å²) in [7, 11) is 0. The van der Waals surface area contributed by atoms with Crippen LogP contribution in [0.25, 0.3) is 0 Å². The summed E-state index contributed by atoms with van der Waals surface area (Å²) in [5, 5.41) is 10.7. The van der Waals surface area contributed by atoms with Crippen molar-refractivity contribution in [2.24, 2.45) is 0 Å². The predicted octanol–water partition coefficient (Wildman–Crippen LogP) is 2.72. The maximum absolute atomic E-state index is 5.78. The van der Waals surface area contributed by atoms with E-state index in [4.69, 9.17) is 4.74 Å². The topological polar surface area (TPSA) is 49.9 Å².